The number of rotatable bonds is 9. The van der Waals surface area contributed by atoms with Gasteiger partial charge in [-0.2, -0.15) is 0 Å². The first kappa shape index (κ1) is 25.1. The molecule has 0 aliphatic carbocycles. The second-order valence-corrected chi connectivity index (χ2v) is 9.27. The summed E-state index contributed by atoms with van der Waals surface area (Å²) in [6.07, 6.45) is 1.61. The highest BCUT2D eigenvalue weighted by Crippen LogP contribution is 2.36. The van der Waals surface area contributed by atoms with Crippen molar-refractivity contribution in [3.8, 4) is 11.5 Å². The molecule has 2 amide bonds. The highest BCUT2D eigenvalue weighted by molar-refractivity contribution is 14.1. The molecule has 1 fully saturated rings. The lowest BCUT2D eigenvalue weighted by Gasteiger charge is -2.19. The number of carbonyl (C=O) groups excluding carboxylic acids is 3. The van der Waals surface area contributed by atoms with Crippen molar-refractivity contribution < 1.29 is 28.6 Å². The van der Waals surface area contributed by atoms with Crippen molar-refractivity contribution in [1.82, 2.24) is 4.90 Å². The van der Waals surface area contributed by atoms with E-state index in [0.29, 0.717) is 30.3 Å². The first-order chi connectivity index (χ1) is 15.8. The molecule has 9 heteroatoms. The van der Waals surface area contributed by atoms with E-state index in [2.05, 4.69) is 22.6 Å². The predicted molar refractivity (Wildman–Crippen MR) is 135 cm³/mol. The SMILES string of the molecule is CCOC(=O)[C@H](C)N1C(=O)S/C(=C/c2ccc(OCc3ccc(I)cc3)c(OCC)c2)C1=O. The molecule has 1 aliphatic rings. The summed E-state index contributed by atoms with van der Waals surface area (Å²) in [6, 6.07) is 12.4. The summed E-state index contributed by atoms with van der Waals surface area (Å²) in [7, 11) is 0. The number of hydrogen-bond acceptors (Lipinski definition) is 7. The van der Waals surface area contributed by atoms with Crippen LogP contribution in [0, 0.1) is 3.57 Å². The van der Waals surface area contributed by atoms with E-state index in [1.54, 1.807) is 31.2 Å². The fourth-order valence-electron chi connectivity index (χ4n) is 3.08. The monoisotopic (exact) mass is 581 g/mol. The molecule has 0 bridgehead atoms. The standard InChI is InChI=1S/C24H24INO6S/c1-4-30-20-12-17(8-11-19(20)32-14-16-6-9-18(25)10-7-16)13-21-22(27)26(24(29)33-21)15(3)23(28)31-5-2/h6-13,15H,4-5,14H2,1-3H3/b21-13+/t15-/m0/s1. The van der Waals surface area contributed by atoms with Gasteiger partial charge in [0.25, 0.3) is 11.1 Å². The van der Waals surface area contributed by atoms with Crippen molar-refractivity contribution in [2.75, 3.05) is 13.2 Å². The maximum absolute atomic E-state index is 12.8. The third-order valence-electron chi connectivity index (χ3n) is 4.71. The molecule has 7 nitrogen and oxygen atoms in total. The molecular formula is C24H24INO6S. The Balaban J connectivity index is 1.78. The van der Waals surface area contributed by atoms with E-state index in [1.165, 1.54) is 6.92 Å². The lowest BCUT2D eigenvalue weighted by atomic mass is 10.1. The molecule has 0 radical (unpaired) electrons. The van der Waals surface area contributed by atoms with Crippen LogP contribution in [0.3, 0.4) is 0 Å². The molecule has 1 heterocycles. The number of esters is 1. The summed E-state index contributed by atoms with van der Waals surface area (Å²) < 4.78 is 17.8. The Morgan fingerprint density at radius 1 is 1.06 bits per heavy atom. The fourth-order valence-corrected chi connectivity index (χ4v) is 4.34. The molecule has 0 aromatic heterocycles. The van der Waals surface area contributed by atoms with Gasteiger partial charge in [0, 0.05) is 3.57 Å². The quantitative estimate of drug-likeness (QED) is 0.227. The number of amides is 2. The van der Waals surface area contributed by atoms with E-state index in [4.69, 9.17) is 14.2 Å². The van der Waals surface area contributed by atoms with Gasteiger partial charge in [0.15, 0.2) is 11.5 Å². The molecule has 0 spiro atoms. The van der Waals surface area contributed by atoms with Crippen LogP contribution < -0.4 is 9.47 Å². The molecule has 3 rings (SSSR count). The summed E-state index contributed by atoms with van der Waals surface area (Å²) in [5, 5.41) is -0.505. The van der Waals surface area contributed by atoms with Gasteiger partial charge in [0.1, 0.15) is 12.6 Å². The summed E-state index contributed by atoms with van der Waals surface area (Å²) in [5.41, 5.74) is 1.71. The second kappa shape index (κ2) is 11.6. The van der Waals surface area contributed by atoms with E-state index < -0.39 is 23.2 Å². The van der Waals surface area contributed by atoms with Gasteiger partial charge in [0.2, 0.25) is 0 Å². The molecule has 174 valence electrons. The zero-order valence-electron chi connectivity index (χ0n) is 18.5. The van der Waals surface area contributed by atoms with Crippen LogP contribution in [-0.4, -0.2) is 41.3 Å². The average Bonchev–Trinajstić information content (AvgIpc) is 3.07. The van der Waals surface area contributed by atoms with Gasteiger partial charge >= 0.3 is 5.97 Å². The van der Waals surface area contributed by atoms with Crippen molar-refractivity contribution >= 4 is 57.5 Å². The fraction of sp³-hybridized carbons (Fsp3) is 0.292. The number of carbonyl (C=O) groups is 3. The van der Waals surface area contributed by atoms with Crippen LogP contribution in [0.15, 0.2) is 47.4 Å². The lowest BCUT2D eigenvalue weighted by Crippen LogP contribution is -2.42. The molecule has 1 aliphatic heterocycles. The van der Waals surface area contributed by atoms with E-state index in [9.17, 15) is 14.4 Å². The van der Waals surface area contributed by atoms with Crippen molar-refractivity contribution in [3.05, 3.63) is 62.1 Å². The molecule has 33 heavy (non-hydrogen) atoms. The number of thioether (sulfide) groups is 1. The Labute approximate surface area is 210 Å². The zero-order chi connectivity index (χ0) is 24.0. The normalized spacial score (nSPS) is 15.6. The number of hydrogen-bond donors (Lipinski definition) is 0. The smallest absolute Gasteiger partial charge is 0.329 e. The zero-order valence-corrected chi connectivity index (χ0v) is 21.5. The van der Waals surface area contributed by atoms with E-state index in [1.807, 2.05) is 31.2 Å². The van der Waals surface area contributed by atoms with Crippen LogP contribution >= 0.6 is 34.4 Å². The van der Waals surface area contributed by atoms with Crippen LogP contribution in [0.25, 0.3) is 6.08 Å². The Kier molecular flexibility index (Phi) is 8.79. The highest BCUT2D eigenvalue weighted by Gasteiger charge is 2.41. The van der Waals surface area contributed by atoms with Gasteiger partial charge in [-0.05, 0) is 96.6 Å². The van der Waals surface area contributed by atoms with Crippen molar-refractivity contribution in [1.29, 1.82) is 0 Å². The number of halogens is 1. The molecule has 0 unspecified atom stereocenters. The maximum atomic E-state index is 12.8. The topological polar surface area (TPSA) is 82.1 Å². The highest BCUT2D eigenvalue weighted by atomic mass is 127. The van der Waals surface area contributed by atoms with Crippen LogP contribution in [0.4, 0.5) is 4.79 Å². The van der Waals surface area contributed by atoms with Crippen molar-refractivity contribution in [3.63, 3.8) is 0 Å². The summed E-state index contributed by atoms with van der Waals surface area (Å²) in [4.78, 5) is 38.3. The molecule has 0 N–H and O–H groups in total. The van der Waals surface area contributed by atoms with E-state index in [-0.39, 0.29) is 11.5 Å². The van der Waals surface area contributed by atoms with E-state index in [0.717, 1.165) is 25.8 Å². The van der Waals surface area contributed by atoms with Gasteiger partial charge in [-0.1, -0.05) is 18.2 Å². The first-order valence-corrected chi connectivity index (χ1v) is 12.3. The van der Waals surface area contributed by atoms with Crippen LogP contribution in [0.1, 0.15) is 31.9 Å². The molecule has 0 saturated carbocycles. The molecule has 1 saturated heterocycles. The number of ether oxygens (including phenoxy) is 3. The number of nitrogens with zero attached hydrogens (tertiary/aromatic N) is 1. The minimum absolute atomic E-state index is 0.174. The Bertz CT molecular complexity index is 1070. The average molecular weight is 581 g/mol. The van der Waals surface area contributed by atoms with Crippen molar-refractivity contribution in [2.45, 2.75) is 33.4 Å². The molecule has 1 atom stereocenters. The number of benzene rings is 2. The minimum atomic E-state index is -0.987. The summed E-state index contributed by atoms with van der Waals surface area (Å²) in [5.74, 6) is -0.0238. The molecular weight excluding hydrogens is 557 g/mol. The van der Waals surface area contributed by atoms with Gasteiger partial charge in [-0.15, -0.1) is 0 Å². The van der Waals surface area contributed by atoms with Gasteiger partial charge in [0.05, 0.1) is 18.1 Å². The van der Waals surface area contributed by atoms with Crippen molar-refractivity contribution in [2.24, 2.45) is 0 Å². The third kappa shape index (κ3) is 6.29. The van der Waals surface area contributed by atoms with Crippen LogP contribution in [0.2, 0.25) is 0 Å². The Morgan fingerprint density at radius 2 is 1.79 bits per heavy atom. The lowest BCUT2D eigenvalue weighted by molar-refractivity contribution is -0.150. The predicted octanol–water partition coefficient (Wildman–Crippen LogP) is 5.26. The summed E-state index contributed by atoms with van der Waals surface area (Å²) in [6.45, 7) is 6.02. The van der Waals surface area contributed by atoms with E-state index >= 15 is 0 Å². The Morgan fingerprint density at radius 3 is 2.45 bits per heavy atom. The van der Waals surface area contributed by atoms with Crippen LogP contribution in [-0.2, 0) is 20.9 Å². The Hall–Kier alpha value is -2.53. The largest absolute Gasteiger partial charge is 0.490 e. The first-order valence-electron chi connectivity index (χ1n) is 10.4. The van der Waals surface area contributed by atoms with Gasteiger partial charge in [-0.3, -0.25) is 14.5 Å². The summed E-state index contributed by atoms with van der Waals surface area (Å²) >= 11 is 3.04. The van der Waals surface area contributed by atoms with Gasteiger partial charge < -0.3 is 14.2 Å². The molecule has 2 aromatic rings. The van der Waals surface area contributed by atoms with Gasteiger partial charge in [-0.25, -0.2) is 4.79 Å². The van der Waals surface area contributed by atoms with Crippen LogP contribution in [0.5, 0.6) is 11.5 Å². The number of imide groups is 1. The third-order valence-corrected chi connectivity index (χ3v) is 6.31. The molecule has 2 aromatic carbocycles. The second-order valence-electron chi connectivity index (χ2n) is 7.03. The minimum Gasteiger partial charge on any atom is -0.490 e. The maximum Gasteiger partial charge on any atom is 0.329 e.